The first kappa shape index (κ1) is 17.4. The summed E-state index contributed by atoms with van der Waals surface area (Å²) in [5, 5.41) is 6.08. The van der Waals surface area contributed by atoms with Gasteiger partial charge in [0.25, 0.3) is 0 Å². The van der Waals surface area contributed by atoms with E-state index >= 15 is 0 Å². The molecule has 0 saturated heterocycles. The van der Waals surface area contributed by atoms with Crippen LogP contribution in [0.2, 0.25) is 0 Å². The van der Waals surface area contributed by atoms with Gasteiger partial charge in [-0.15, -0.1) is 0 Å². The van der Waals surface area contributed by atoms with Crippen molar-refractivity contribution in [2.24, 2.45) is 0 Å². The molecule has 2 N–H and O–H groups in total. The molecule has 1 rings (SSSR count). The molecule has 0 bridgehead atoms. The second kappa shape index (κ2) is 8.62. The number of carbonyl (C=O) groups excluding carboxylic acids is 1. The first-order chi connectivity index (χ1) is 9.95. The highest BCUT2D eigenvalue weighted by molar-refractivity contribution is 5.81. The molecule has 0 saturated carbocycles. The van der Waals surface area contributed by atoms with E-state index in [1.165, 1.54) is 6.07 Å². The van der Waals surface area contributed by atoms with Gasteiger partial charge < -0.3 is 15.5 Å². The van der Waals surface area contributed by atoms with Crippen LogP contribution >= 0.6 is 0 Å². The topological polar surface area (TPSA) is 44.4 Å². The normalized spacial score (nSPS) is 10.8. The Morgan fingerprint density at radius 2 is 2.10 bits per heavy atom. The average molecular weight is 295 g/mol. The molecule has 0 radical (unpaired) electrons. The van der Waals surface area contributed by atoms with Gasteiger partial charge in [-0.3, -0.25) is 4.79 Å². The Labute approximate surface area is 126 Å². The van der Waals surface area contributed by atoms with Crippen LogP contribution in [0.15, 0.2) is 18.2 Å². The molecule has 0 atom stereocenters. The maximum Gasteiger partial charge on any atom is 0.239 e. The zero-order valence-corrected chi connectivity index (χ0v) is 13.4. The van der Waals surface area contributed by atoms with Crippen LogP contribution in [-0.2, 0) is 11.3 Å². The molecule has 4 nitrogen and oxygen atoms in total. The Bertz CT molecular complexity index is 463. The Morgan fingerprint density at radius 3 is 2.71 bits per heavy atom. The van der Waals surface area contributed by atoms with Crippen molar-refractivity contribution in [3.63, 3.8) is 0 Å². The smallest absolute Gasteiger partial charge is 0.239 e. The van der Waals surface area contributed by atoms with E-state index in [4.69, 9.17) is 0 Å². The van der Waals surface area contributed by atoms with Gasteiger partial charge in [0.05, 0.1) is 12.2 Å². The maximum absolute atomic E-state index is 14.1. The fourth-order valence-electron chi connectivity index (χ4n) is 2.19. The SMILES string of the molecule is CCCNCc1cccc(F)c1N(C)CC(=O)NC(C)C. The lowest BCUT2D eigenvalue weighted by atomic mass is 10.1. The maximum atomic E-state index is 14.1. The fraction of sp³-hybridized carbons (Fsp3) is 0.562. The van der Waals surface area contributed by atoms with Gasteiger partial charge in [0.2, 0.25) is 5.91 Å². The molecule has 0 aliphatic carbocycles. The molecule has 0 heterocycles. The number of likely N-dealkylation sites (N-methyl/N-ethyl adjacent to an activating group) is 1. The number of amides is 1. The van der Waals surface area contributed by atoms with Gasteiger partial charge in [0.15, 0.2) is 0 Å². The van der Waals surface area contributed by atoms with Gasteiger partial charge >= 0.3 is 0 Å². The van der Waals surface area contributed by atoms with Crippen molar-refractivity contribution in [3.8, 4) is 0 Å². The monoisotopic (exact) mass is 295 g/mol. The van der Waals surface area contributed by atoms with Gasteiger partial charge in [-0.25, -0.2) is 4.39 Å². The zero-order chi connectivity index (χ0) is 15.8. The Kier molecular flexibility index (Phi) is 7.15. The molecule has 5 heteroatoms. The van der Waals surface area contributed by atoms with Crippen LogP contribution in [0.1, 0.15) is 32.8 Å². The van der Waals surface area contributed by atoms with Gasteiger partial charge in [0, 0.05) is 19.6 Å². The summed E-state index contributed by atoms with van der Waals surface area (Å²) in [5.74, 6) is -0.408. The average Bonchev–Trinajstić information content (AvgIpc) is 2.37. The van der Waals surface area contributed by atoms with Crippen molar-refractivity contribution in [1.29, 1.82) is 0 Å². The number of halogens is 1. The summed E-state index contributed by atoms with van der Waals surface area (Å²) in [6.07, 6.45) is 1.03. The van der Waals surface area contributed by atoms with Crippen LogP contribution in [0.4, 0.5) is 10.1 Å². The Morgan fingerprint density at radius 1 is 1.38 bits per heavy atom. The molecule has 0 aromatic heterocycles. The molecule has 118 valence electrons. The molecule has 1 aromatic carbocycles. The minimum atomic E-state index is -0.300. The summed E-state index contributed by atoms with van der Waals surface area (Å²) in [5.41, 5.74) is 1.35. The van der Waals surface area contributed by atoms with E-state index in [0.29, 0.717) is 12.2 Å². The van der Waals surface area contributed by atoms with Crippen molar-refractivity contribution >= 4 is 11.6 Å². The summed E-state index contributed by atoms with van der Waals surface area (Å²) in [7, 11) is 1.74. The highest BCUT2D eigenvalue weighted by Crippen LogP contribution is 2.23. The minimum absolute atomic E-state index is 0.0808. The first-order valence-corrected chi connectivity index (χ1v) is 7.44. The van der Waals surface area contributed by atoms with E-state index in [1.807, 2.05) is 19.9 Å². The van der Waals surface area contributed by atoms with E-state index in [1.54, 1.807) is 18.0 Å². The number of hydrogen-bond acceptors (Lipinski definition) is 3. The molecule has 1 aromatic rings. The Hall–Kier alpha value is -1.62. The molecule has 0 fully saturated rings. The van der Waals surface area contributed by atoms with Crippen LogP contribution in [0.3, 0.4) is 0 Å². The summed E-state index contributed by atoms with van der Waals surface area (Å²) in [4.78, 5) is 13.5. The van der Waals surface area contributed by atoms with Gasteiger partial charge in [-0.2, -0.15) is 0 Å². The number of nitrogens with zero attached hydrogens (tertiary/aromatic N) is 1. The van der Waals surface area contributed by atoms with Crippen LogP contribution < -0.4 is 15.5 Å². The van der Waals surface area contributed by atoms with Gasteiger partial charge in [0.1, 0.15) is 5.82 Å². The lowest BCUT2D eigenvalue weighted by Crippen LogP contribution is -2.39. The first-order valence-electron chi connectivity index (χ1n) is 7.44. The second-order valence-electron chi connectivity index (χ2n) is 5.50. The van der Waals surface area contributed by atoms with E-state index in [-0.39, 0.29) is 24.3 Å². The molecule has 0 aliphatic rings. The quantitative estimate of drug-likeness (QED) is 0.723. The van der Waals surface area contributed by atoms with Crippen LogP contribution in [0.25, 0.3) is 0 Å². The van der Waals surface area contributed by atoms with Gasteiger partial charge in [-0.1, -0.05) is 19.1 Å². The molecule has 0 aliphatic heterocycles. The van der Waals surface area contributed by atoms with Crippen molar-refractivity contribution in [2.75, 3.05) is 25.0 Å². The van der Waals surface area contributed by atoms with Crippen molar-refractivity contribution in [1.82, 2.24) is 10.6 Å². The predicted octanol–water partition coefficient (Wildman–Crippen LogP) is 2.29. The van der Waals surface area contributed by atoms with Crippen molar-refractivity contribution in [3.05, 3.63) is 29.6 Å². The third kappa shape index (κ3) is 5.71. The number of rotatable bonds is 8. The fourth-order valence-corrected chi connectivity index (χ4v) is 2.19. The number of anilines is 1. The predicted molar refractivity (Wildman–Crippen MR) is 84.9 cm³/mol. The van der Waals surface area contributed by atoms with E-state index in [9.17, 15) is 9.18 Å². The molecule has 0 unspecified atom stereocenters. The summed E-state index contributed by atoms with van der Waals surface area (Å²) < 4.78 is 14.1. The molecular formula is C16H26FN3O. The standard InChI is InChI=1S/C16H26FN3O/c1-5-9-18-10-13-7-6-8-14(17)16(13)20(4)11-15(21)19-12(2)3/h6-8,12,18H,5,9-11H2,1-4H3,(H,19,21). The van der Waals surface area contributed by atoms with Crippen LogP contribution in [0, 0.1) is 5.82 Å². The molecular weight excluding hydrogens is 269 g/mol. The lowest BCUT2D eigenvalue weighted by Gasteiger charge is -2.23. The largest absolute Gasteiger partial charge is 0.363 e. The highest BCUT2D eigenvalue weighted by atomic mass is 19.1. The Balaban J connectivity index is 2.81. The number of para-hydroxylation sites is 1. The second-order valence-corrected chi connectivity index (χ2v) is 5.50. The number of nitrogens with one attached hydrogen (secondary N) is 2. The third-order valence-corrected chi connectivity index (χ3v) is 3.02. The molecule has 21 heavy (non-hydrogen) atoms. The van der Waals surface area contributed by atoms with E-state index in [0.717, 1.165) is 18.5 Å². The molecule has 0 spiro atoms. The number of hydrogen-bond donors (Lipinski definition) is 2. The van der Waals surface area contributed by atoms with E-state index < -0.39 is 0 Å². The highest BCUT2D eigenvalue weighted by Gasteiger charge is 2.15. The van der Waals surface area contributed by atoms with E-state index in [2.05, 4.69) is 17.6 Å². The third-order valence-electron chi connectivity index (χ3n) is 3.02. The van der Waals surface area contributed by atoms with Crippen molar-refractivity contribution < 1.29 is 9.18 Å². The van der Waals surface area contributed by atoms with Crippen molar-refractivity contribution in [2.45, 2.75) is 39.8 Å². The number of carbonyl (C=O) groups is 1. The summed E-state index contributed by atoms with van der Waals surface area (Å²) in [6, 6.07) is 5.09. The van der Waals surface area contributed by atoms with Crippen LogP contribution in [0.5, 0.6) is 0 Å². The lowest BCUT2D eigenvalue weighted by molar-refractivity contribution is -0.120. The number of benzene rings is 1. The molecule has 1 amide bonds. The zero-order valence-electron chi connectivity index (χ0n) is 13.4. The van der Waals surface area contributed by atoms with Gasteiger partial charge in [-0.05, 0) is 38.4 Å². The summed E-state index contributed by atoms with van der Waals surface area (Å²) in [6.45, 7) is 7.51. The van der Waals surface area contributed by atoms with Crippen LogP contribution in [-0.4, -0.2) is 32.1 Å². The summed E-state index contributed by atoms with van der Waals surface area (Å²) >= 11 is 0. The minimum Gasteiger partial charge on any atom is -0.363 e.